The van der Waals surface area contributed by atoms with E-state index in [1.54, 1.807) is 0 Å². The van der Waals surface area contributed by atoms with E-state index < -0.39 is 0 Å². The fourth-order valence-corrected chi connectivity index (χ4v) is 0. The third kappa shape index (κ3) is 4.24. The van der Waals surface area contributed by atoms with Crippen molar-refractivity contribution in [1.82, 2.24) is 5.73 Å². The van der Waals surface area contributed by atoms with Gasteiger partial charge in [0.25, 0.3) is 0 Å². The van der Waals surface area contributed by atoms with E-state index in [1.165, 1.54) is 0 Å². The minimum Gasteiger partial charge on any atom is -0.293 e. The van der Waals surface area contributed by atoms with Crippen molar-refractivity contribution in [3.8, 4) is 0 Å². The SMILES string of the molecule is [NH]C(=S)CS. The number of nitrogens with one attached hydrogen (secondary N) is 1. The minimum atomic E-state index is 0.202. The van der Waals surface area contributed by atoms with Crippen molar-refractivity contribution in [2.24, 2.45) is 0 Å². The standard InChI is InChI=1S/C2H4NS2/c3-2(5)1-4/h3-4H,1H2. The van der Waals surface area contributed by atoms with Gasteiger partial charge in [-0.15, -0.1) is 0 Å². The first-order valence-electron chi connectivity index (χ1n) is 1.12. The molecule has 0 rings (SSSR count). The lowest BCUT2D eigenvalue weighted by Gasteiger charge is -1.75. The maximum Gasteiger partial charge on any atom is 0.104 e. The van der Waals surface area contributed by atoms with Gasteiger partial charge in [-0.3, -0.25) is 5.73 Å². The molecule has 1 radical (unpaired) electrons. The van der Waals surface area contributed by atoms with E-state index in [4.69, 9.17) is 5.73 Å². The molecule has 0 aromatic rings. The topological polar surface area (TPSA) is 23.8 Å². The third-order valence-corrected chi connectivity index (χ3v) is 0.818. The zero-order chi connectivity index (χ0) is 4.28. The second kappa shape index (κ2) is 2.48. The number of hydrogen-bond donors (Lipinski definition) is 1. The summed E-state index contributed by atoms with van der Waals surface area (Å²) in [7, 11) is 0. The van der Waals surface area contributed by atoms with E-state index >= 15 is 0 Å². The predicted molar refractivity (Wildman–Crippen MR) is 29.5 cm³/mol. The van der Waals surface area contributed by atoms with Gasteiger partial charge in [-0.25, -0.2) is 0 Å². The Bertz CT molecular complexity index is 42.9. The summed E-state index contributed by atoms with van der Waals surface area (Å²) >= 11 is 7.97. The van der Waals surface area contributed by atoms with E-state index in [1.807, 2.05) is 0 Å². The normalized spacial score (nSPS) is 7.40. The average molecular weight is 106 g/mol. The van der Waals surface area contributed by atoms with Gasteiger partial charge in [-0.05, 0) is 0 Å². The lowest BCUT2D eigenvalue weighted by Crippen LogP contribution is -1.92. The molecular weight excluding hydrogens is 102 g/mol. The van der Waals surface area contributed by atoms with Gasteiger partial charge in [-0.1, -0.05) is 12.2 Å². The molecule has 0 aliphatic carbocycles. The van der Waals surface area contributed by atoms with Crippen LogP contribution in [-0.4, -0.2) is 10.7 Å². The Morgan fingerprint density at radius 3 is 2.20 bits per heavy atom. The number of hydrogen-bond acceptors (Lipinski definition) is 2. The Hall–Kier alpha value is 0.240. The molecule has 0 heterocycles. The van der Waals surface area contributed by atoms with Gasteiger partial charge in [0, 0.05) is 5.75 Å². The molecule has 0 aliphatic heterocycles. The lowest BCUT2D eigenvalue weighted by atomic mass is 10.8. The number of thiol groups is 1. The van der Waals surface area contributed by atoms with Gasteiger partial charge < -0.3 is 0 Å². The molecule has 0 aromatic carbocycles. The second-order valence-corrected chi connectivity index (χ2v) is 1.39. The second-order valence-electron chi connectivity index (χ2n) is 0.581. The Labute approximate surface area is 42.0 Å². The summed E-state index contributed by atoms with van der Waals surface area (Å²) in [5.41, 5.74) is 6.48. The van der Waals surface area contributed by atoms with Crippen LogP contribution in [0.25, 0.3) is 0 Å². The highest BCUT2D eigenvalue weighted by molar-refractivity contribution is 7.86. The van der Waals surface area contributed by atoms with Crippen LogP contribution in [0.4, 0.5) is 0 Å². The summed E-state index contributed by atoms with van der Waals surface area (Å²) in [6, 6.07) is 0. The first kappa shape index (κ1) is 5.24. The van der Waals surface area contributed by atoms with Crippen molar-refractivity contribution < 1.29 is 0 Å². The Balaban J connectivity index is 2.85. The van der Waals surface area contributed by atoms with Crippen LogP contribution in [0.15, 0.2) is 0 Å². The third-order valence-electron chi connectivity index (χ3n) is 0.144. The average Bonchev–Trinajstić information content (AvgIpc) is 1.38. The molecule has 1 nitrogen and oxygen atoms in total. The first-order chi connectivity index (χ1) is 2.27. The van der Waals surface area contributed by atoms with E-state index in [2.05, 4.69) is 24.8 Å². The molecular formula is C2H4NS2. The van der Waals surface area contributed by atoms with Crippen LogP contribution in [0.1, 0.15) is 0 Å². The molecule has 0 saturated heterocycles. The Morgan fingerprint density at radius 2 is 2.20 bits per heavy atom. The van der Waals surface area contributed by atoms with E-state index in [9.17, 15) is 0 Å². The first-order valence-corrected chi connectivity index (χ1v) is 2.16. The van der Waals surface area contributed by atoms with Crippen molar-refractivity contribution >= 4 is 29.8 Å². The molecule has 3 heteroatoms. The molecule has 0 unspecified atom stereocenters. The van der Waals surface area contributed by atoms with E-state index in [-0.39, 0.29) is 4.99 Å². The van der Waals surface area contributed by atoms with Gasteiger partial charge in [0.15, 0.2) is 0 Å². The fourth-order valence-electron chi connectivity index (χ4n) is 0. The van der Waals surface area contributed by atoms with Crippen LogP contribution >= 0.6 is 24.8 Å². The van der Waals surface area contributed by atoms with Crippen LogP contribution in [0.5, 0.6) is 0 Å². The maximum atomic E-state index is 6.48. The van der Waals surface area contributed by atoms with Gasteiger partial charge in [-0.2, -0.15) is 12.6 Å². The highest BCUT2D eigenvalue weighted by Crippen LogP contribution is 1.70. The maximum absolute atomic E-state index is 6.48. The van der Waals surface area contributed by atoms with Crippen LogP contribution in [0, 0.1) is 0 Å². The van der Waals surface area contributed by atoms with Crippen molar-refractivity contribution in [2.75, 3.05) is 5.75 Å². The molecule has 29 valence electrons. The van der Waals surface area contributed by atoms with Crippen molar-refractivity contribution in [1.29, 1.82) is 0 Å². The number of rotatable bonds is 1. The zero-order valence-corrected chi connectivity index (χ0v) is 4.27. The van der Waals surface area contributed by atoms with Crippen LogP contribution in [0.3, 0.4) is 0 Å². The molecule has 0 saturated carbocycles. The lowest BCUT2D eigenvalue weighted by molar-refractivity contribution is 1.67. The summed E-state index contributed by atoms with van der Waals surface area (Å²) < 4.78 is 0. The van der Waals surface area contributed by atoms with Gasteiger partial charge >= 0.3 is 0 Å². The Kier molecular flexibility index (Phi) is 2.59. The summed E-state index contributed by atoms with van der Waals surface area (Å²) in [6.07, 6.45) is 0. The highest BCUT2D eigenvalue weighted by Gasteiger charge is 1.73. The smallest absolute Gasteiger partial charge is 0.104 e. The van der Waals surface area contributed by atoms with Crippen molar-refractivity contribution in [3.05, 3.63) is 0 Å². The fraction of sp³-hybridized carbons (Fsp3) is 0.500. The largest absolute Gasteiger partial charge is 0.293 e. The van der Waals surface area contributed by atoms with Crippen molar-refractivity contribution in [3.63, 3.8) is 0 Å². The number of thiocarbonyl (C=S) groups is 1. The molecule has 0 amide bonds. The molecule has 0 atom stereocenters. The molecule has 1 N–H and O–H groups in total. The van der Waals surface area contributed by atoms with Crippen LogP contribution in [-0.2, 0) is 0 Å². The van der Waals surface area contributed by atoms with Gasteiger partial charge in [0.05, 0.1) is 0 Å². The summed E-state index contributed by atoms with van der Waals surface area (Å²) in [5, 5.41) is 0. The quantitative estimate of drug-likeness (QED) is 0.382. The molecule has 5 heavy (non-hydrogen) atoms. The van der Waals surface area contributed by atoms with Gasteiger partial charge in [0.2, 0.25) is 0 Å². The summed E-state index contributed by atoms with van der Waals surface area (Å²) in [4.78, 5) is 0.202. The predicted octanol–water partition coefficient (Wildman–Crippen LogP) is 0.526. The Morgan fingerprint density at radius 1 is 2.00 bits per heavy atom. The molecule has 0 fully saturated rings. The van der Waals surface area contributed by atoms with E-state index in [0.29, 0.717) is 5.75 Å². The molecule has 0 bridgehead atoms. The zero-order valence-electron chi connectivity index (χ0n) is 2.56. The molecule has 0 aromatic heterocycles. The van der Waals surface area contributed by atoms with Gasteiger partial charge in [0.1, 0.15) is 4.99 Å². The summed E-state index contributed by atoms with van der Waals surface area (Å²) in [6.45, 7) is 0. The molecule has 0 spiro atoms. The van der Waals surface area contributed by atoms with Crippen LogP contribution < -0.4 is 5.73 Å². The summed E-state index contributed by atoms with van der Waals surface area (Å²) in [5.74, 6) is 0.398. The minimum absolute atomic E-state index is 0.202. The highest BCUT2D eigenvalue weighted by atomic mass is 32.1. The van der Waals surface area contributed by atoms with Crippen molar-refractivity contribution in [2.45, 2.75) is 0 Å². The van der Waals surface area contributed by atoms with Crippen LogP contribution in [0.2, 0.25) is 0 Å². The van der Waals surface area contributed by atoms with E-state index in [0.717, 1.165) is 0 Å². The monoisotopic (exact) mass is 106 g/mol. The molecule has 0 aliphatic rings.